The summed E-state index contributed by atoms with van der Waals surface area (Å²) in [6.07, 6.45) is -0.797. The van der Waals surface area contributed by atoms with Crippen LogP contribution in [0.1, 0.15) is 6.42 Å². The number of hydrogen-bond acceptors (Lipinski definition) is 3. The van der Waals surface area contributed by atoms with Crippen LogP contribution >= 0.6 is 27.5 Å². The second-order valence-electron chi connectivity index (χ2n) is 3.75. The number of carbonyl (C=O) groups is 1. The van der Waals surface area contributed by atoms with E-state index in [-0.39, 0.29) is 24.7 Å². The molecule has 1 aliphatic heterocycles. The lowest BCUT2D eigenvalue weighted by Crippen LogP contribution is -2.35. The Hall–Kier alpha value is -0.720. The highest BCUT2D eigenvalue weighted by molar-refractivity contribution is 9.10. The average molecular weight is 323 g/mol. The number of aromatic nitrogens is 1. The third-order valence-corrected chi connectivity index (χ3v) is 3.19. The summed E-state index contributed by atoms with van der Waals surface area (Å²) < 4.78 is 13.5. The van der Waals surface area contributed by atoms with E-state index in [1.807, 2.05) is 0 Å². The van der Waals surface area contributed by atoms with Crippen LogP contribution < -0.4 is 10.6 Å². The highest BCUT2D eigenvalue weighted by atomic mass is 79.9. The van der Waals surface area contributed by atoms with E-state index >= 15 is 0 Å². The molecule has 2 heterocycles. The van der Waals surface area contributed by atoms with Gasteiger partial charge < -0.3 is 10.6 Å². The molecule has 7 heteroatoms. The summed E-state index contributed by atoms with van der Waals surface area (Å²) in [5.74, 6) is -0.0483. The van der Waals surface area contributed by atoms with Gasteiger partial charge in [0.25, 0.3) is 0 Å². The predicted molar refractivity (Wildman–Crippen MR) is 66.9 cm³/mol. The van der Waals surface area contributed by atoms with Crippen LogP contribution in [0.4, 0.5) is 10.2 Å². The molecule has 4 nitrogen and oxygen atoms in total. The smallest absolute Gasteiger partial charge is 0.242 e. The minimum atomic E-state index is -0.975. The zero-order valence-electron chi connectivity index (χ0n) is 8.71. The zero-order valence-corrected chi connectivity index (χ0v) is 11.1. The quantitative estimate of drug-likeness (QED) is 0.820. The zero-order chi connectivity index (χ0) is 12.4. The van der Waals surface area contributed by atoms with E-state index in [2.05, 4.69) is 31.5 Å². The maximum atomic E-state index is 12.9. The number of pyridine rings is 1. The van der Waals surface area contributed by atoms with E-state index in [0.29, 0.717) is 9.63 Å². The third-order valence-electron chi connectivity index (χ3n) is 2.45. The first-order valence-electron chi connectivity index (χ1n) is 5.06. The number of halogens is 3. The molecule has 1 aromatic heterocycles. The summed E-state index contributed by atoms with van der Waals surface area (Å²) in [6.45, 7) is 0.206. The summed E-state index contributed by atoms with van der Waals surface area (Å²) in [4.78, 5) is 15.8. The van der Waals surface area contributed by atoms with Gasteiger partial charge in [-0.3, -0.25) is 4.79 Å². The number of carbonyl (C=O) groups excluding carboxylic acids is 1. The second-order valence-corrected chi connectivity index (χ2v) is 4.97. The Bertz CT molecular complexity index is 446. The van der Waals surface area contributed by atoms with Gasteiger partial charge in [-0.2, -0.15) is 0 Å². The van der Waals surface area contributed by atoms with Gasteiger partial charge in [0.15, 0.2) is 5.82 Å². The molecular formula is C10H10BrClFN3O. The van der Waals surface area contributed by atoms with E-state index in [0.717, 1.165) is 0 Å². The number of nitrogens with zero attached hydrogens (tertiary/aromatic N) is 1. The number of amides is 1. The van der Waals surface area contributed by atoms with Crippen LogP contribution in [0.15, 0.2) is 16.7 Å². The molecule has 1 amide bonds. The maximum Gasteiger partial charge on any atom is 0.242 e. The summed E-state index contributed by atoms with van der Waals surface area (Å²) in [5, 5.41) is 5.71. The van der Waals surface area contributed by atoms with Gasteiger partial charge in [0.05, 0.1) is 11.1 Å². The van der Waals surface area contributed by atoms with E-state index in [1.54, 1.807) is 12.1 Å². The third kappa shape index (κ3) is 3.14. The Kier molecular flexibility index (Phi) is 3.96. The molecular weight excluding hydrogens is 312 g/mol. The van der Waals surface area contributed by atoms with Gasteiger partial charge in [-0.25, -0.2) is 9.37 Å². The van der Waals surface area contributed by atoms with Gasteiger partial charge in [0.1, 0.15) is 10.8 Å². The van der Waals surface area contributed by atoms with Crippen molar-refractivity contribution in [2.75, 3.05) is 11.9 Å². The number of nitrogens with one attached hydrogen (secondary N) is 2. The minimum Gasteiger partial charge on any atom is -0.308 e. The molecule has 2 rings (SSSR count). The van der Waals surface area contributed by atoms with Crippen LogP contribution in [0.25, 0.3) is 0 Å². The molecule has 2 N–H and O–H groups in total. The fourth-order valence-electron chi connectivity index (χ4n) is 1.60. The van der Waals surface area contributed by atoms with Crippen molar-refractivity contribution in [3.05, 3.63) is 21.8 Å². The standard InChI is InChI=1S/C10H10BrClFN3O/c11-8-2-1-6(12)9(15-8)16-10(17)7-3-5(13)4-14-7/h1-2,5,7,14H,3-4H2,(H,15,16,17). The van der Waals surface area contributed by atoms with Crippen molar-refractivity contribution in [1.82, 2.24) is 10.3 Å². The van der Waals surface area contributed by atoms with Crippen molar-refractivity contribution in [3.8, 4) is 0 Å². The van der Waals surface area contributed by atoms with Crippen LogP contribution in [0.3, 0.4) is 0 Å². The Morgan fingerprint density at radius 1 is 1.65 bits per heavy atom. The SMILES string of the molecule is O=C(Nc1nc(Br)ccc1Cl)C1CC(F)CN1. The van der Waals surface area contributed by atoms with Crippen LogP contribution in [-0.4, -0.2) is 29.6 Å². The second kappa shape index (κ2) is 5.29. The summed E-state index contributed by atoms with van der Waals surface area (Å²) in [5.41, 5.74) is 0. The van der Waals surface area contributed by atoms with E-state index in [4.69, 9.17) is 11.6 Å². The fraction of sp³-hybridized carbons (Fsp3) is 0.400. The highest BCUT2D eigenvalue weighted by Gasteiger charge is 2.29. The van der Waals surface area contributed by atoms with Crippen LogP contribution in [0.5, 0.6) is 0 Å². The lowest BCUT2D eigenvalue weighted by Gasteiger charge is -2.11. The summed E-state index contributed by atoms with van der Waals surface area (Å²) in [6, 6.07) is 2.76. The molecule has 2 unspecified atom stereocenters. The first kappa shape index (κ1) is 12.7. The fourth-order valence-corrected chi connectivity index (χ4v) is 2.06. The average Bonchev–Trinajstić information content (AvgIpc) is 2.70. The number of alkyl halides is 1. The largest absolute Gasteiger partial charge is 0.308 e. The molecule has 92 valence electrons. The van der Waals surface area contributed by atoms with Crippen molar-refractivity contribution >= 4 is 39.3 Å². The van der Waals surface area contributed by atoms with Gasteiger partial charge >= 0.3 is 0 Å². The molecule has 0 spiro atoms. The Labute approximate surface area is 111 Å². The molecule has 0 aliphatic carbocycles. The lowest BCUT2D eigenvalue weighted by atomic mass is 10.2. The van der Waals surface area contributed by atoms with Gasteiger partial charge in [0, 0.05) is 13.0 Å². The molecule has 17 heavy (non-hydrogen) atoms. The topological polar surface area (TPSA) is 54.0 Å². The Morgan fingerprint density at radius 3 is 3.06 bits per heavy atom. The minimum absolute atomic E-state index is 0.178. The van der Waals surface area contributed by atoms with Gasteiger partial charge in [-0.1, -0.05) is 11.6 Å². The van der Waals surface area contributed by atoms with E-state index < -0.39 is 12.2 Å². The van der Waals surface area contributed by atoms with Gasteiger partial charge in [-0.05, 0) is 28.1 Å². The molecule has 0 saturated carbocycles. The number of anilines is 1. The summed E-state index contributed by atoms with van der Waals surface area (Å²) in [7, 11) is 0. The molecule has 2 atom stereocenters. The lowest BCUT2D eigenvalue weighted by molar-refractivity contribution is -0.117. The van der Waals surface area contributed by atoms with Crippen molar-refractivity contribution in [3.63, 3.8) is 0 Å². The van der Waals surface area contributed by atoms with Crippen molar-refractivity contribution in [1.29, 1.82) is 0 Å². The molecule has 1 fully saturated rings. The molecule has 0 bridgehead atoms. The normalized spacial score (nSPS) is 23.7. The van der Waals surface area contributed by atoms with Crippen molar-refractivity contribution in [2.24, 2.45) is 0 Å². The Balaban J connectivity index is 2.05. The first-order valence-corrected chi connectivity index (χ1v) is 6.23. The molecule has 0 aromatic carbocycles. The van der Waals surface area contributed by atoms with Crippen molar-refractivity contribution in [2.45, 2.75) is 18.6 Å². The Morgan fingerprint density at radius 2 is 2.41 bits per heavy atom. The van der Waals surface area contributed by atoms with Gasteiger partial charge in [-0.15, -0.1) is 0 Å². The molecule has 0 radical (unpaired) electrons. The number of rotatable bonds is 2. The number of hydrogen-bond donors (Lipinski definition) is 2. The highest BCUT2D eigenvalue weighted by Crippen LogP contribution is 2.22. The first-order chi connectivity index (χ1) is 8.06. The predicted octanol–water partition coefficient (Wildman–Crippen LogP) is 2.14. The van der Waals surface area contributed by atoms with Crippen molar-refractivity contribution < 1.29 is 9.18 Å². The summed E-state index contributed by atoms with van der Waals surface area (Å²) >= 11 is 9.07. The maximum absolute atomic E-state index is 12.9. The molecule has 1 saturated heterocycles. The van der Waals surface area contributed by atoms with Crippen LogP contribution in [-0.2, 0) is 4.79 Å². The molecule has 1 aliphatic rings. The van der Waals surface area contributed by atoms with E-state index in [1.165, 1.54) is 0 Å². The van der Waals surface area contributed by atoms with Crippen LogP contribution in [0.2, 0.25) is 5.02 Å². The van der Waals surface area contributed by atoms with E-state index in [9.17, 15) is 9.18 Å². The van der Waals surface area contributed by atoms with Crippen LogP contribution in [0, 0.1) is 0 Å². The monoisotopic (exact) mass is 321 g/mol. The molecule has 1 aromatic rings. The van der Waals surface area contributed by atoms with Gasteiger partial charge in [0.2, 0.25) is 5.91 Å².